The topological polar surface area (TPSA) is 16.1 Å². The lowest BCUT2D eigenvalue weighted by molar-refractivity contribution is 0.936. The average Bonchev–Trinajstić information content (AvgIpc) is 2.17. The SMILES string of the molecule is CCN(C)c1ccc(CCl)cn1. The maximum Gasteiger partial charge on any atom is 0.128 e. The Morgan fingerprint density at radius 3 is 2.67 bits per heavy atom. The zero-order valence-electron chi connectivity index (χ0n) is 7.42. The van der Waals surface area contributed by atoms with Crippen molar-refractivity contribution in [3.05, 3.63) is 23.9 Å². The molecule has 2 nitrogen and oxygen atoms in total. The number of nitrogens with zero attached hydrogens (tertiary/aromatic N) is 2. The molecule has 66 valence electrons. The lowest BCUT2D eigenvalue weighted by Gasteiger charge is -2.14. The highest BCUT2D eigenvalue weighted by molar-refractivity contribution is 6.17. The van der Waals surface area contributed by atoms with Crippen LogP contribution in [0, 0.1) is 0 Å². The molecule has 1 aromatic rings. The number of halogens is 1. The van der Waals surface area contributed by atoms with Crippen LogP contribution in [-0.4, -0.2) is 18.6 Å². The number of anilines is 1. The maximum absolute atomic E-state index is 5.64. The molecule has 0 saturated heterocycles. The Morgan fingerprint density at radius 2 is 2.25 bits per heavy atom. The van der Waals surface area contributed by atoms with E-state index < -0.39 is 0 Å². The molecule has 0 aromatic carbocycles. The van der Waals surface area contributed by atoms with Crippen molar-refractivity contribution in [2.45, 2.75) is 12.8 Å². The predicted octanol–water partition coefficient (Wildman–Crippen LogP) is 2.28. The Balaban J connectivity index is 2.77. The van der Waals surface area contributed by atoms with Gasteiger partial charge in [-0.25, -0.2) is 4.98 Å². The molecule has 0 radical (unpaired) electrons. The van der Waals surface area contributed by atoms with Crippen LogP contribution in [0.1, 0.15) is 12.5 Å². The molecule has 0 amide bonds. The van der Waals surface area contributed by atoms with E-state index in [0.717, 1.165) is 17.9 Å². The summed E-state index contributed by atoms with van der Waals surface area (Å²) in [6.07, 6.45) is 1.81. The van der Waals surface area contributed by atoms with Crippen molar-refractivity contribution in [3.8, 4) is 0 Å². The van der Waals surface area contributed by atoms with Gasteiger partial charge in [0.25, 0.3) is 0 Å². The van der Waals surface area contributed by atoms with Gasteiger partial charge >= 0.3 is 0 Å². The number of rotatable bonds is 3. The second-order valence-corrected chi connectivity index (χ2v) is 2.94. The number of pyridine rings is 1. The summed E-state index contributed by atoms with van der Waals surface area (Å²) in [4.78, 5) is 6.34. The summed E-state index contributed by atoms with van der Waals surface area (Å²) in [6, 6.07) is 3.99. The Labute approximate surface area is 78.2 Å². The number of aromatic nitrogens is 1. The van der Waals surface area contributed by atoms with Crippen LogP contribution >= 0.6 is 11.6 Å². The van der Waals surface area contributed by atoms with Crippen LogP contribution < -0.4 is 4.90 Å². The molecule has 0 fully saturated rings. The van der Waals surface area contributed by atoms with Crippen molar-refractivity contribution >= 4 is 17.4 Å². The van der Waals surface area contributed by atoms with Crippen LogP contribution in [0.15, 0.2) is 18.3 Å². The molecule has 0 atom stereocenters. The van der Waals surface area contributed by atoms with Crippen LogP contribution in [0.4, 0.5) is 5.82 Å². The lowest BCUT2D eigenvalue weighted by Crippen LogP contribution is -2.16. The van der Waals surface area contributed by atoms with Crippen LogP contribution in [0.25, 0.3) is 0 Å². The summed E-state index contributed by atoms with van der Waals surface area (Å²) < 4.78 is 0. The molecule has 0 aliphatic rings. The number of alkyl halides is 1. The van der Waals surface area contributed by atoms with Crippen molar-refractivity contribution in [3.63, 3.8) is 0 Å². The van der Waals surface area contributed by atoms with E-state index >= 15 is 0 Å². The number of hydrogen-bond acceptors (Lipinski definition) is 2. The Hall–Kier alpha value is -0.760. The average molecular weight is 185 g/mol. The molecule has 0 spiro atoms. The van der Waals surface area contributed by atoms with Gasteiger partial charge in [0.05, 0.1) is 0 Å². The zero-order chi connectivity index (χ0) is 8.97. The molecule has 0 unspecified atom stereocenters. The van der Waals surface area contributed by atoms with E-state index in [1.165, 1.54) is 0 Å². The molecule has 0 saturated carbocycles. The first-order valence-corrected chi connectivity index (χ1v) is 4.53. The molecule has 0 N–H and O–H groups in total. The summed E-state index contributed by atoms with van der Waals surface area (Å²) in [7, 11) is 2.02. The maximum atomic E-state index is 5.64. The molecule has 0 bridgehead atoms. The van der Waals surface area contributed by atoms with Crippen LogP contribution in [0.5, 0.6) is 0 Å². The Bertz CT molecular complexity index is 233. The van der Waals surface area contributed by atoms with Gasteiger partial charge in [-0.1, -0.05) is 6.07 Å². The summed E-state index contributed by atoms with van der Waals surface area (Å²) in [5.41, 5.74) is 1.06. The molecule has 0 aliphatic carbocycles. The van der Waals surface area contributed by atoms with Gasteiger partial charge in [-0.3, -0.25) is 0 Å². The minimum atomic E-state index is 0.531. The van der Waals surface area contributed by atoms with E-state index in [0.29, 0.717) is 5.88 Å². The molecular formula is C9H13ClN2. The zero-order valence-corrected chi connectivity index (χ0v) is 8.17. The van der Waals surface area contributed by atoms with Crippen LogP contribution in [0.2, 0.25) is 0 Å². The minimum absolute atomic E-state index is 0.531. The van der Waals surface area contributed by atoms with E-state index in [-0.39, 0.29) is 0 Å². The second-order valence-electron chi connectivity index (χ2n) is 2.67. The highest BCUT2D eigenvalue weighted by Crippen LogP contribution is 2.10. The molecule has 1 aromatic heterocycles. The van der Waals surface area contributed by atoms with Crippen LogP contribution in [0.3, 0.4) is 0 Å². The van der Waals surface area contributed by atoms with Crippen LogP contribution in [-0.2, 0) is 5.88 Å². The van der Waals surface area contributed by atoms with E-state index in [1.807, 2.05) is 25.4 Å². The minimum Gasteiger partial charge on any atom is -0.360 e. The first-order valence-electron chi connectivity index (χ1n) is 4.00. The molecule has 12 heavy (non-hydrogen) atoms. The van der Waals surface area contributed by atoms with Crippen molar-refractivity contribution in [1.82, 2.24) is 4.98 Å². The van der Waals surface area contributed by atoms with Gasteiger partial charge in [0.2, 0.25) is 0 Å². The summed E-state index contributed by atoms with van der Waals surface area (Å²) in [5, 5.41) is 0. The van der Waals surface area contributed by atoms with Gasteiger partial charge in [0.1, 0.15) is 5.82 Å². The first kappa shape index (κ1) is 9.33. The third-order valence-electron chi connectivity index (χ3n) is 1.83. The summed E-state index contributed by atoms with van der Waals surface area (Å²) in [5.74, 6) is 1.52. The molecule has 1 rings (SSSR count). The van der Waals surface area contributed by atoms with Gasteiger partial charge in [0, 0.05) is 25.7 Å². The van der Waals surface area contributed by atoms with Gasteiger partial charge in [-0.2, -0.15) is 0 Å². The highest BCUT2D eigenvalue weighted by Gasteiger charge is 1.98. The van der Waals surface area contributed by atoms with E-state index in [9.17, 15) is 0 Å². The van der Waals surface area contributed by atoms with E-state index in [2.05, 4.69) is 16.8 Å². The molecular weight excluding hydrogens is 172 g/mol. The van der Waals surface area contributed by atoms with E-state index in [1.54, 1.807) is 0 Å². The monoisotopic (exact) mass is 184 g/mol. The summed E-state index contributed by atoms with van der Waals surface area (Å²) >= 11 is 5.64. The van der Waals surface area contributed by atoms with Gasteiger partial charge in [0.15, 0.2) is 0 Å². The summed E-state index contributed by atoms with van der Waals surface area (Å²) in [6.45, 7) is 3.06. The van der Waals surface area contributed by atoms with Crippen molar-refractivity contribution < 1.29 is 0 Å². The van der Waals surface area contributed by atoms with E-state index in [4.69, 9.17) is 11.6 Å². The molecule has 0 aliphatic heterocycles. The molecule has 1 heterocycles. The molecule has 3 heteroatoms. The van der Waals surface area contributed by atoms with Crippen molar-refractivity contribution in [2.75, 3.05) is 18.5 Å². The second kappa shape index (κ2) is 4.31. The standard InChI is InChI=1S/C9H13ClN2/c1-3-12(2)9-5-4-8(6-10)7-11-9/h4-5,7H,3,6H2,1-2H3. The van der Waals surface area contributed by atoms with Gasteiger partial charge < -0.3 is 4.90 Å². The smallest absolute Gasteiger partial charge is 0.128 e. The fraction of sp³-hybridized carbons (Fsp3) is 0.444. The first-order chi connectivity index (χ1) is 5.77. The fourth-order valence-electron chi connectivity index (χ4n) is 0.884. The lowest BCUT2D eigenvalue weighted by atomic mass is 10.3. The Kier molecular flexibility index (Phi) is 3.35. The van der Waals surface area contributed by atoms with Crippen molar-refractivity contribution in [2.24, 2.45) is 0 Å². The largest absolute Gasteiger partial charge is 0.360 e. The van der Waals surface area contributed by atoms with Gasteiger partial charge in [-0.15, -0.1) is 11.6 Å². The highest BCUT2D eigenvalue weighted by atomic mass is 35.5. The quantitative estimate of drug-likeness (QED) is 0.671. The van der Waals surface area contributed by atoms with Gasteiger partial charge in [-0.05, 0) is 18.6 Å². The third kappa shape index (κ3) is 2.11. The predicted molar refractivity (Wildman–Crippen MR) is 52.7 cm³/mol. The normalized spacial score (nSPS) is 9.92. The van der Waals surface area contributed by atoms with Crippen molar-refractivity contribution in [1.29, 1.82) is 0 Å². The fourth-order valence-corrected chi connectivity index (χ4v) is 1.04. The third-order valence-corrected chi connectivity index (χ3v) is 2.14. The Morgan fingerprint density at radius 1 is 1.50 bits per heavy atom. The number of hydrogen-bond donors (Lipinski definition) is 0.